The predicted molar refractivity (Wildman–Crippen MR) is 105 cm³/mol. The van der Waals surface area contributed by atoms with Crippen LogP contribution in [0.2, 0.25) is 0 Å². The third-order valence-electron chi connectivity index (χ3n) is 6.88. The standard InChI is InChI=1S/C23H34O3/c1-22(2,3)17-14-18(21(25)26)20(24)19(15-17)23(12-8-5-9-13-23)16-10-6-4-7-11-16/h14-16,24H,4-13H2,1-3H3,(H,25,26). The van der Waals surface area contributed by atoms with Crippen molar-refractivity contribution in [1.29, 1.82) is 0 Å². The lowest BCUT2D eigenvalue weighted by molar-refractivity contribution is 0.0692. The Hall–Kier alpha value is -1.51. The van der Waals surface area contributed by atoms with Crippen LogP contribution in [-0.2, 0) is 10.8 Å². The van der Waals surface area contributed by atoms with Crippen molar-refractivity contribution in [1.82, 2.24) is 0 Å². The fourth-order valence-corrected chi connectivity index (χ4v) is 5.35. The van der Waals surface area contributed by atoms with E-state index in [0.29, 0.717) is 5.92 Å². The number of hydrogen-bond donors (Lipinski definition) is 2. The number of carboxylic acid groups (broad SMARTS) is 1. The van der Waals surface area contributed by atoms with E-state index in [9.17, 15) is 15.0 Å². The SMILES string of the molecule is CC(C)(C)c1cc(C(=O)O)c(O)c(C2(C3CCCCC3)CCCCC2)c1. The Morgan fingerprint density at radius 3 is 2.12 bits per heavy atom. The first-order chi connectivity index (χ1) is 12.3. The molecule has 3 rings (SSSR count). The van der Waals surface area contributed by atoms with Crippen molar-refractivity contribution in [2.24, 2.45) is 5.92 Å². The van der Waals surface area contributed by atoms with Gasteiger partial charge in [-0.2, -0.15) is 0 Å². The van der Waals surface area contributed by atoms with Crippen molar-refractivity contribution in [2.75, 3.05) is 0 Å². The molecule has 0 atom stereocenters. The van der Waals surface area contributed by atoms with Gasteiger partial charge in [-0.15, -0.1) is 0 Å². The highest BCUT2D eigenvalue weighted by Gasteiger charge is 2.44. The molecule has 3 nitrogen and oxygen atoms in total. The molecule has 2 saturated carbocycles. The Bertz CT molecular complexity index is 657. The molecule has 0 aliphatic heterocycles. The van der Waals surface area contributed by atoms with Gasteiger partial charge in [0.05, 0.1) is 0 Å². The van der Waals surface area contributed by atoms with Gasteiger partial charge in [-0.3, -0.25) is 0 Å². The Kier molecular flexibility index (Phi) is 5.37. The van der Waals surface area contributed by atoms with Crippen LogP contribution in [0.3, 0.4) is 0 Å². The zero-order valence-corrected chi connectivity index (χ0v) is 16.6. The molecule has 1 aromatic carbocycles. The maximum Gasteiger partial charge on any atom is 0.339 e. The summed E-state index contributed by atoms with van der Waals surface area (Å²) in [6.45, 7) is 6.34. The van der Waals surface area contributed by atoms with Crippen LogP contribution in [0, 0.1) is 5.92 Å². The summed E-state index contributed by atoms with van der Waals surface area (Å²) in [6.07, 6.45) is 12.0. The monoisotopic (exact) mass is 358 g/mol. The Balaban J connectivity index is 2.19. The maximum atomic E-state index is 11.9. The highest BCUT2D eigenvalue weighted by Crippen LogP contribution is 2.53. The molecule has 2 aliphatic carbocycles. The van der Waals surface area contributed by atoms with Gasteiger partial charge in [0.15, 0.2) is 0 Å². The fourth-order valence-electron chi connectivity index (χ4n) is 5.35. The molecule has 26 heavy (non-hydrogen) atoms. The van der Waals surface area contributed by atoms with E-state index in [1.807, 2.05) is 0 Å². The maximum absolute atomic E-state index is 11.9. The smallest absolute Gasteiger partial charge is 0.339 e. The lowest BCUT2D eigenvalue weighted by Gasteiger charge is -2.46. The molecule has 0 heterocycles. The van der Waals surface area contributed by atoms with Crippen molar-refractivity contribution in [3.05, 3.63) is 28.8 Å². The number of rotatable bonds is 3. The molecular formula is C23H34O3. The summed E-state index contributed by atoms with van der Waals surface area (Å²) in [7, 11) is 0. The van der Waals surface area contributed by atoms with E-state index in [-0.39, 0.29) is 22.1 Å². The normalized spacial score (nSPS) is 21.5. The molecular weight excluding hydrogens is 324 g/mol. The van der Waals surface area contributed by atoms with Crippen LogP contribution in [0.4, 0.5) is 0 Å². The van der Waals surface area contributed by atoms with Crippen LogP contribution in [0.5, 0.6) is 5.75 Å². The molecule has 0 aromatic heterocycles. The van der Waals surface area contributed by atoms with Crippen molar-refractivity contribution >= 4 is 5.97 Å². The first-order valence-electron chi connectivity index (χ1n) is 10.4. The van der Waals surface area contributed by atoms with Crippen molar-refractivity contribution in [3.8, 4) is 5.75 Å². The zero-order valence-electron chi connectivity index (χ0n) is 16.6. The average molecular weight is 359 g/mol. The minimum Gasteiger partial charge on any atom is -0.507 e. The molecule has 0 bridgehead atoms. The molecule has 0 amide bonds. The summed E-state index contributed by atoms with van der Waals surface area (Å²) < 4.78 is 0. The van der Waals surface area contributed by atoms with E-state index in [0.717, 1.165) is 24.0 Å². The van der Waals surface area contributed by atoms with E-state index in [4.69, 9.17) is 0 Å². The van der Waals surface area contributed by atoms with Gasteiger partial charge in [0.2, 0.25) is 0 Å². The van der Waals surface area contributed by atoms with Crippen molar-refractivity contribution in [2.45, 2.75) is 95.8 Å². The van der Waals surface area contributed by atoms with Gasteiger partial charge in [0.1, 0.15) is 11.3 Å². The molecule has 1 aromatic rings. The summed E-state index contributed by atoms with van der Waals surface area (Å²) in [5, 5.41) is 20.7. The lowest BCUT2D eigenvalue weighted by atomic mass is 9.58. The predicted octanol–water partition coefficient (Wildman–Crippen LogP) is 6.17. The highest BCUT2D eigenvalue weighted by molar-refractivity contribution is 5.92. The van der Waals surface area contributed by atoms with Gasteiger partial charge in [-0.25, -0.2) is 4.79 Å². The number of aromatic hydroxyl groups is 1. The third-order valence-corrected chi connectivity index (χ3v) is 6.88. The first-order valence-corrected chi connectivity index (χ1v) is 10.4. The van der Waals surface area contributed by atoms with Crippen LogP contribution >= 0.6 is 0 Å². The largest absolute Gasteiger partial charge is 0.507 e. The summed E-state index contributed by atoms with van der Waals surface area (Å²) in [4.78, 5) is 11.9. The van der Waals surface area contributed by atoms with Crippen LogP contribution in [0.15, 0.2) is 12.1 Å². The molecule has 0 saturated heterocycles. The van der Waals surface area contributed by atoms with Crippen LogP contribution in [0.25, 0.3) is 0 Å². The van der Waals surface area contributed by atoms with Gasteiger partial charge in [-0.1, -0.05) is 65.4 Å². The van der Waals surface area contributed by atoms with Gasteiger partial charge in [0, 0.05) is 11.0 Å². The van der Waals surface area contributed by atoms with Crippen LogP contribution in [0.1, 0.15) is 106 Å². The summed E-state index contributed by atoms with van der Waals surface area (Å²) >= 11 is 0. The summed E-state index contributed by atoms with van der Waals surface area (Å²) in [6, 6.07) is 3.82. The van der Waals surface area contributed by atoms with Gasteiger partial charge in [0.25, 0.3) is 0 Å². The number of hydrogen-bond acceptors (Lipinski definition) is 2. The quantitative estimate of drug-likeness (QED) is 0.679. The van der Waals surface area contributed by atoms with E-state index < -0.39 is 5.97 Å². The minimum atomic E-state index is -1.02. The molecule has 2 fully saturated rings. The first kappa shape index (κ1) is 19.3. The lowest BCUT2D eigenvalue weighted by Crippen LogP contribution is -2.39. The van der Waals surface area contributed by atoms with Gasteiger partial charge in [-0.05, 0) is 48.6 Å². The Morgan fingerprint density at radius 2 is 1.58 bits per heavy atom. The second kappa shape index (κ2) is 7.25. The van der Waals surface area contributed by atoms with E-state index in [1.165, 1.54) is 51.4 Å². The molecule has 0 radical (unpaired) electrons. The van der Waals surface area contributed by atoms with Crippen molar-refractivity contribution < 1.29 is 15.0 Å². The molecule has 2 aliphatic rings. The highest BCUT2D eigenvalue weighted by atomic mass is 16.4. The van der Waals surface area contributed by atoms with E-state index >= 15 is 0 Å². The van der Waals surface area contributed by atoms with Crippen LogP contribution in [-0.4, -0.2) is 16.2 Å². The molecule has 144 valence electrons. The summed E-state index contributed by atoms with van der Waals surface area (Å²) in [5.41, 5.74) is 1.83. The Morgan fingerprint density at radius 1 is 1.00 bits per heavy atom. The molecule has 0 unspecified atom stereocenters. The minimum absolute atomic E-state index is 0.0259. The van der Waals surface area contributed by atoms with Gasteiger partial charge >= 0.3 is 5.97 Å². The van der Waals surface area contributed by atoms with E-state index in [1.54, 1.807) is 6.07 Å². The fraction of sp³-hybridized carbons (Fsp3) is 0.696. The number of benzene rings is 1. The number of carboxylic acids is 1. The van der Waals surface area contributed by atoms with Crippen molar-refractivity contribution in [3.63, 3.8) is 0 Å². The second-order valence-corrected chi connectivity index (χ2v) is 9.53. The van der Waals surface area contributed by atoms with Crippen LogP contribution < -0.4 is 0 Å². The number of carbonyl (C=O) groups is 1. The number of phenols is 1. The zero-order chi connectivity index (χ0) is 18.9. The summed E-state index contributed by atoms with van der Waals surface area (Å²) in [5.74, 6) is -0.429. The average Bonchev–Trinajstić information content (AvgIpc) is 2.62. The van der Waals surface area contributed by atoms with Gasteiger partial charge < -0.3 is 10.2 Å². The third kappa shape index (κ3) is 3.50. The molecule has 3 heteroatoms. The van der Waals surface area contributed by atoms with E-state index in [2.05, 4.69) is 26.8 Å². The number of aromatic carboxylic acids is 1. The Labute approximate surface area is 157 Å². The molecule has 2 N–H and O–H groups in total. The second-order valence-electron chi connectivity index (χ2n) is 9.53. The molecule has 0 spiro atoms. The topological polar surface area (TPSA) is 57.5 Å².